The van der Waals surface area contributed by atoms with Crippen LogP contribution in [0.2, 0.25) is 0 Å². The van der Waals surface area contributed by atoms with Crippen LogP contribution in [0.5, 0.6) is 0 Å². The summed E-state index contributed by atoms with van der Waals surface area (Å²) in [4.78, 5) is 35.5. The Morgan fingerprint density at radius 1 is 0.967 bits per heavy atom. The predicted octanol–water partition coefficient (Wildman–Crippen LogP) is 5.97. The van der Waals surface area contributed by atoms with Crippen molar-refractivity contribution in [3.05, 3.63) is 64.8 Å². The van der Waals surface area contributed by atoms with Crippen molar-refractivity contribution < 1.29 is 24.2 Å². The second kappa shape index (κ2) is 13.6. The van der Waals surface area contributed by atoms with E-state index in [1.54, 1.807) is 24.3 Å². The first-order valence-electron chi connectivity index (χ1n) is 9.85. The molecule has 0 aliphatic rings. The van der Waals surface area contributed by atoms with E-state index in [0.717, 1.165) is 43.0 Å². The molecule has 1 aromatic rings. The number of carboxylic acid groups (broad SMARTS) is 1. The third-order valence-corrected chi connectivity index (χ3v) is 5.03. The number of allylic oxidation sites excluding steroid dienone is 5. The zero-order valence-corrected chi connectivity index (χ0v) is 18.9. The van der Waals surface area contributed by atoms with Crippen molar-refractivity contribution in [2.24, 2.45) is 0 Å². The lowest BCUT2D eigenvalue weighted by Gasteiger charge is -2.07. The molecular weight excluding hydrogens is 400 g/mol. The molecule has 0 radical (unpaired) electrons. The van der Waals surface area contributed by atoms with E-state index in [4.69, 9.17) is 9.84 Å². The van der Waals surface area contributed by atoms with Gasteiger partial charge in [0.1, 0.15) is 0 Å². The quantitative estimate of drug-likeness (QED) is 0.202. The molecule has 0 spiro atoms. The van der Waals surface area contributed by atoms with Crippen LogP contribution < -0.4 is 0 Å². The fraction of sp³-hybridized carbons (Fsp3) is 0.375. The van der Waals surface area contributed by atoms with Crippen LogP contribution in [0.3, 0.4) is 0 Å². The summed E-state index contributed by atoms with van der Waals surface area (Å²) >= 11 is 0.929. The molecule has 1 aromatic carbocycles. The molecule has 0 aliphatic heterocycles. The summed E-state index contributed by atoms with van der Waals surface area (Å²) in [5.74, 6) is -1.99. The first kappa shape index (κ1) is 25.4. The number of thioether (sulfide) groups is 1. The highest BCUT2D eigenvalue weighted by Crippen LogP contribution is 2.25. The Labute approximate surface area is 182 Å². The molecule has 0 amide bonds. The number of hydrogen-bond donors (Lipinski definition) is 1. The highest BCUT2D eigenvalue weighted by Gasteiger charge is 2.16. The molecule has 1 rings (SSSR count). The first-order valence-corrected chi connectivity index (χ1v) is 10.7. The van der Waals surface area contributed by atoms with Crippen LogP contribution in [0.1, 0.15) is 63.7 Å². The van der Waals surface area contributed by atoms with Crippen LogP contribution in [-0.4, -0.2) is 28.8 Å². The zero-order chi connectivity index (χ0) is 22.5. The molecule has 0 unspecified atom stereocenters. The molecule has 0 saturated heterocycles. The third kappa shape index (κ3) is 10.8. The summed E-state index contributed by atoms with van der Waals surface area (Å²) < 4.78 is 4.72. The van der Waals surface area contributed by atoms with Gasteiger partial charge >= 0.3 is 11.9 Å². The van der Waals surface area contributed by atoms with E-state index < -0.39 is 18.5 Å². The maximum atomic E-state index is 12.4. The fourth-order valence-electron chi connectivity index (χ4n) is 2.58. The van der Waals surface area contributed by atoms with Crippen LogP contribution in [0.25, 0.3) is 0 Å². The van der Waals surface area contributed by atoms with Crippen molar-refractivity contribution in [3.8, 4) is 0 Å². The van der Waals surface area contributed by atoms with Crippen LogP contribution >= 0.6 is 11.8 Å². The maximum Gasteiger partial charge on any atom is 0.341 e. The Balaban J connectivity index is 2.62. The fourth-order valence-corrected chi connectivity index (χ4v) is 3.46. The molecular formula is C24H30O5S. The molecule has 0 heterocycles. The molecule has 6 heteroatoms. The van der Waals surface area contributed by atoms with E-state index in [1.807, 2.05) is 6.92 Å². The van der Waals surface area contributed by atoms with Gasteiger partial charge in [0.25, 0.3) is 0 Å². The van der Waals surface area contributed by atoms with Crippen molar-refractivity contribution >= 4 is 28.8 Å². The van der Waals surface area contributed by atoms with Crippen LogP contribution in [-0.2, 0) is 14.3 Å². The van der Waals surface area contributed by atoms with E-state index in [-0.39, 0.29) is 10.7 Å². The molecule has 0 aromatic heterocycles. The van der Waals surface area contributed by atoms with Gasteiger partial charge in [-0.05, 0) is 83.3 Å². The van der Waals surface area contributed by atoms with Gasteiger partial charge in [-0.3, -0.25) is 4.79 Å². The smallest absolute Gasteiger partial charge is 0.341 e. The molecule has 0 atom stereocenters. The number of carbonyl (C=O) groups excluding carboxylic acids is 2. The average Bonchev–Trinajstić information content (AvgIpc) is 2.66. The van der Waals surface area contributed by atoms with Crippen molar-refractivity contribution in [2.45, 2.75) is 58.3 Å². The maximum absolute atomic E-state index is 12.4. The van der Waals surface area contributed by atoms with Gasteiger partial charge in [-0.2, -0.15) is 0 Å². The van der Waals surface area contributed by atoms with Crippen LogP contribution in [0.15, 0.2) is 64.1 Å². The minimum atomic E-state index is -1.23. The van der Waals surface area contributed by atoms with Crippen molar-refractivity contribution in [1.29, 1.82) is 0 Å². The van der Waals surface area contributed by atoms with Gasteiger partial charge in [0.2, 0.25) is 5.12 Å². The summed E-state index contributed by atoms with van der Waals surface area (Å²) in [7, 11) is 0. The Hall–Kier alpha value is -2.60. The molecule has 0 bridgehead atoms. The summed E-state index contributed by atoms with van der Waals surface area (Å²) in [6.07, 6.45) is 9.76. The molecule has 1 N–H and O–H groups in total. The topological polar surface area (TPSA) is 80.7 Å². The Kier molecular flexibility index (Phi) is 11.5. The number of rotatable bonds is 11. The molecule has 162 valence electrons. The molecule has 0 saturated carbocycles. The lowest BCUT2D eigenvalue weighted by molar-refractivity contribution is -0.140. The highest BCUT2D eigenvalue weighted by molar-refractivity contribution is 8.14. The monoisotopic (exact) mass is 430 g/mol. The van der Waals surface area contributed by atoms with E-state index in [0.29, 0.717) is 4.90 Å². The SMILES string of the molecule is CC(C)=CCC/C(C)=C/CC/C(C)=C/C(=O)Sc1ccccc1C(=O)OCC(=O)O. The summed E-state index contributed by atoms with van der Waals surface area (Å²) in [6, 6.07) is 6.50. The van der Waals surface area contributed by atoms with E-state index in [2.05, 4.69) is 32.9 Å². The normalized spacial score (nSPS) is 11.7. The lowest BCUT2D eigenvalue weighted by atomic mass is 10.1. The number of benzene rings is 1. The van der Waals surface area contributed by atoms with Crippen molar-refractivity contribution in [3.63, 3.8) is 0 Å². The van der Waals surface area contributed by atoms with Gasteiger partial charge in [-0.15, -0.1) is 0 Å². The average molecular weight is 431 g/mol. The van der Waals surface area contributed by atoms with Crippen LogP contribution in [0, 0.1) is 0 Å². The van der Waals surface area contributed by atoms with Gasteiger partial charge < -0.3 is 9.84 Å². The second-order valence-electron chi connectivity index (χ2n) is 7.29. The number of carbonyl (C=O) groups is 3. The van der Waals surface area contributed by atoms with Crippen molar-refractivity contribution in [2.75, 3.05) is 6.61 Å². The van der Waals surface area contributed by atoms with Gasteiger partial charge in [0, 0.05) is 4.90 Å². The molecule has 30 heavy (non-hydrogen) atoms. The molecule has 0 aliphatic carbocycles. The Morgan fingerprint density at radius 2 is 1.60 bits per heavy atom. The minimum absolute atomic E-state index is 0.179. The minimum Gasteiger partial charge on any atom is -0.479 e. The van der Waals surface area contributed by atoms with E-state index >= 15 is 0 Å². The predicted molar refractivity (Wildman–Crippen MR) is 121 cm³/mol. The third-order valence-electron chi connectivity index (χ3n) is 4.13. The second-order valence-corrected chi connectivity index (χ2v) is 8.33. The van der Waals surface area contributed by atoms with Crippen LogP contribution in [0.4, 0.5) is 0 Å². The van der Waals surface area contributed by atoms with Crippen molar-refractivity contribution in [1.82, 2.24) is 0 Å². The van der Waals surface area contributed by atoms with E-state index in [1.165, 1.54) is 17.2 Å². The molecule has 0 fully saturated rings. The first-order chi connectivity index (χ1) is 14.2. The van der Waals surface area contributed by atoms with Gasteiger partial charge in [0.15, 0.2) is 6.61 Å². The number of aliphatic carboxylic acids is 1. The lowest BCUT2D eigenvalue weighted by Crippen LogP contribution is -2.13. The molecule has 5 nitrogen and oxygen atoms in total. The number of esters is 1. The number of hydrogen-bond acceptors (Lipinski definition) is 5. The summed E-state index contributed by atoms with van der Waals surface area (Å²) in [5.41, 5.74) is 3.81. The van der Waals surface area contributed by atoms with Gasteiger partial charge in [-0.1, -0.05) is 41.0 Å². The number of ether oxygens (including phenoxy) is 1. The Bertz CT molecular complexity index is 845. The number of carboxylic acids is 1. The highest BCUT2D eigenvalue weighted by atomic mass is 32.2. The van der Waals surface area contributed by atoms with E-state index in [9.17, 15) is 14.4 Å². The van der Waals surface area contributed by atoms with Gasteiger partial charge in [-0.25, -0.2) is 9.59 Å². The largest absolute Gasteiger partial charge is 0.479 e. The standard InChI is InChI=1S/C24H30O5S/c1-17(2)9-7-10-18(3)11-8-12-19(4)15-23(27)30-21-14-6-5-13-20(21)24(28)29-16-22(25)26/h5-6,9,11,13-15H,7-8,10,12,16H2,1-4H3,(H,25,26)/b18-11+,19-15+. The van der Waals surface area contributed by atoms with Gasteiger partial charge in [0.05, 0.1) is 5.56 Å². The Morgan fingerprint density at radius 3 is 2.27 bits per heavy atom. The summed E-state index contributed by atoms with van der Waals surface area (Å²) in [5, 5.41) is 8.46. The summed E-state index contributed by atoms with van der Waals surface area (Å²) in [6.45, 7) is 7.52. The zero-order valence-electron chi connectivity index (χ0n) is 18.1.